The normalized spacial score (nSPS) is 10.7. The van der Waals surface area contributed by atoms with E-state index in [1.807, 2.05) is 58.2 Å². The lowest BCUT2D eigenvalue weighted by Gasteiger charge is -2.10. The summed E-state index contributed by atoms with van der Waals surface area (Å²) in [6.07, 6.45) is 0.703. The predicted molar refractivity (Wildman–Crippen MR) is 125 cm³/mol. The number of esters is 1. The lowest BCUT2D eigenvalue weighted by atomic mass is 10.1. The van der Waals surface area contributed by atoms with Crippen LogP contribution in [0, 0.1) is 13.8 Å². The van der Waals surface area contributed by atoms with Crippen LogP contribution in [0.5, 0.6) is 0 Å². The van der Waals surface area contributed by atoms with E-state index >= 15 is 0 Å². The first-order valence-electron chi connectivity index (χ1n) is 9.42. The maximum atomic E-state index is 13.0. The van der Waals surface area contributed by atoms with Crippen molar-refractivity contribution in [3.8, 4) is 5.69 Å². The van der Waals surface area contributed by atoms with Gasteiger partial charge in [-0.1, -0.05) is 25.1 Å². The van der Waals surface area contributed by atoms with Crippen molar-refractivity contribution in [3.05, 3.63) is 62.4 Å². The first kappa shape index (κ1) is 21.8. The Bertz CT molecular complexity index is 1160. The van der Waals surface area contributed by atoms with E-state index in [2.05, 4.69) is 10.6 Å². The maximum Gasteiger partial charge on any atom is 0.341 e. The molecule has 7 nitrogen and oxygen atoms in total. The number of methoxy groups -OCH3 is 1. The van der Waals surface area contributed by atoms with E-state index in [1.54, 1.807) is 9.36 Å². The van der Waals surface area contributed by atoms with Crippen LogP contribution in [0.1, 0.15) is 33.4 Å². The van der Waals surface area contributed by atoms with E-state index in [9.17, 15) is 9.59 Å². The van der Waals surface area contributed by atoms with E-state index in [1.165, 1.54) is 18.4 Å². The van der Waals surface area contributed by atoms with Crippen molar-refractivity contribution in [2.75, 3.05) is 17.7 Å². The van der Waals surface area contributed by atoms with Gasteiger partial charge in [0.05, 0.1) is 24.1 Å². The number of hydrogen-bond acceptors (Lipinski definition) is 5. The van der Waals surface area contributed by atoms with Crippen LogP contribution < -0.4 is 16.2 Å². The standard InChI is InChI=1S/C21H24N4O3S2/c1-6-15-13(3)30-18(16(15)20(27)28-5)23-21(29)22-17-12(2)24(4)25(19(17)26)14-10-8-7-9-11-14/h7-11H,6H2,1-5H3,(H2,22,23,29). The molecule has 2 heterocycles. The van der Waals surface area contributed by atoms with Crippen LogP contribution in [0.3, 0.4) is 0 Å². The molecule has 0 bridgehead atoms. The quantitative estimate of drug-likeness (QED) is 0.457. The molecule has 1 aromatic carbocycles. The zero-order chi connectivity index (χ0) is 22.0. The SMILES string of the molecule is CCc1c(C)sc(NC(=S)Nc2c(C)n(C)n(-c3ccccc3)c2=O)c1C(=O)OC. The molecule has 9 heteroatoms. The summed E-state index contributed by atoms with van der Waals surface area (Å²) in [4.78, 5) is 26.4. The molecular formula is C21H24N4O3S2. The van der Waals surface area contributed by atoms with E-state index in [4.69, 9.17) is 17.0 Å². The second-order valence-corrected chi connectivity index (χ2v) is 8.33. The summed E-state index contributed by atoms with van der Waals surface area (Å²) in [7, 11) is 3.17. The number of thiophene rings is 1. The number of rotatable bonds is 5. The van der Waals surface area contributed by atoms with Gasteiger partial charge in [0.15, 0.2) is 5.11 Å². The van der Waals surface area contributed by atoms with Crippen LogP contribution in [-0.2, 0) is 18.2 Å². The smallest absolute Gasteiger partial charge is 0.341 e. The maximum absolute atomic E-state index is 13.0. The van der Waals surface area contributed by atoms with Crippen LogP contribution in [0.25, 0.3) is 5.69 Å². The van der Waals surface area contributed by atoms with Gasteiger partial charge in [-0.25, -0.2) is 9.48 Å². The summed E-state index contributed by atoms with van der Waals surface area (Å²) < 4.78 is 8.29. The van der Waals surface area contributed by atoms with Crippen LogP contribution in [-0.4, -0.2) is 27.6 Å². The molecule has 0 aliphatic rings. The van der Waals surface area contributed by atoms with Gasteiger partial charge in [0, 0.05) is 11.9 Å². The van der Waals surface area contributed by atoms with Crippen molar-refractivity contribution >= 4 is 45.3 Å². The Morgan fingerprint density at radius 1 is 1.20 bits per heavy atom. The topological polar surface area (TPSA) is 77.3 Å². The van der Waals surface area contributed by atoms with Crippen LogP contribution in [0.15, 0.2) is 35.1 Å². The number of benzene rings is 1. The van der Waals surface area contributed by atoms with Crippen LogP contribution in [0.4, 0.5) is 10.7 Å². The number of nitrogens with one attached hydrogen (secondary N) is 2. The second kappa shape index (κ2) is 8.85. The number of carbonyl (C=O) groups is 1. The predicted octanol–water partition coefficient (Wildman–Crippen LogP) is 4.01. The Morgan fingerprint density at radius 2 is 1.87 bits per heavy atom. The van der Waals surface area contributed by atoms with Crippen LogP contribution in [0.2, 0.25) is 0 Å². The van der Waals surface area contributed by atoms with Crippen molar-refractivity contribution in [2.24, 2.45) is 7.05 Å². The van der Waals surface area contributed by atoms with Gasteiger partial charge in [-0.2, -0.15) is 0 Å². The third-order valence-electron chi connectivity index (χ3n) is 4.97. The molecule has 0 saturated carbocycles. The highest BCUT2D eigenvalue weighted by atomic mass is 32.1. The number of anilines is 2. The molecule has 3 aromatic rings. The summed E-state index contributed by atoms with van der Waals surface area (Å²) in [5.41, 5.74) is 3.07. The molecule has 0 fully saturated rings. The van der Waals surface area contributed by atoms with Crippen molar-refractivity contribution in [1.82, 2.24) is 9.36 Å². The minimum absolute atomic E-state index is 0.213. The molecule has 0 radical (unpaired) electrons. The molecule has 158 valence electrons. The molecule has 0 spiro atoms. The number of para-hydroxylation sites is 1. The molecule has 0 amide bonds. The Balaban J connectivity index is 1.92. The molecule has 3 rings (SSSR count). The Morgan fingerprint density at radius 3 is 2.47 bits per heavy atom. The highest BCUT2D eigenvalue weighted by Crippen LogP contribution is 2.34. The fourth-order valence-electron chi connectivity index (χ4n) is 3.37. The number of carbonyl (C=O) groups excluding carboxylic acids is 1. The van der Waals surface area contributed by atoms with Gasteiger partial charge >= 0.3 is 5.97 Å². The van der Waals surface area contributed by atoms with Gasteiger partial charge < -0.3 is 15.4 Å². The first-order valence-corrected chi connectivity index (χ1v) is 10.6. The molecule has 30 heavy (non-hydrogen) atoms. The second-order valence-electron chi connectivity index (χ2n) is 6.70. The van der Waals surface area contributed by atoms with Crippen molar-refractivity contribution in [3.63, 3.8) is 0 Å². The molecular weight excluding hydrogens is 420 g/mol. The number of thiocarbonyl (C=S) groups is 1. The average Bonchev–Trinajstić information content (AvgIpc) is 3.15. The highest BCUT2D eigenvalue weighted by Gasteiger charge is 2.23. The summed E-state index contributed by atoms with van der Waals surface area (Å²) in [6.45, 7) is 5.79. The number of ether oxygens (including phenoxy) is 1. The Kier molecular flexibility index (Phi) is 6.42. The summed E-state index contributed by atoms with van der Waals surface area (Å²) >= 11 is 6.89. The molecule has 2 aromatic heterocycles. The largest absolute Gasteiger partial charge is 0.465 e. The van der Waals surface area contributed by atoms with E-state index < -0.39 is 5.97 Å². The molecule has 0 aliphatic heterocycles. The zero-order valence-corrected chi connectivity index (χ0v) is 19.2. The average molecular weight is 445 g/mol. The van der Waals surface area contributed by atoms with E-state index in [0.717, 1.165) is 21.8 Å². The highest BCUT2D eigenvalue weighted by molar-refractivity contribution is 7.80. The molecule has 0 saturated heterocycles. The van der Waals surface area contributed by atoms with Gasteiger partial charge in [0.25, 0.3) is 5.56 Å². The number of aryl methyl sites for hydroxylation is 1. The number of hydrogen-bond donors (Lipinski definition) is 2. The van der Waals surface area contributed by atoms with E-state index in [0.29, 0.717) is 22.7 Å². The lowest BCUT2D eigenvalue weighted by Crippen LogP contribution is -2.25. The van der Waals surface area contributed by atoms with Gasteiger partial charge in [0.2, 0.25) is 0 Å². The summed E-state index contributed by atoms with van der Waals surface area (Å²) in [6, 6.07) is 9.38. The molecule has 0 unspecified atom stereocenters. The number of nitrogens with zero attached hydrogens (tertiary/aromatic N) is 2. The fraction of sp³-hybridized carbons (Fsp3) is 0.286. The third kappa shape index (κ3) is 3.90. The van der Waals surface area contributed by atoms with Gasteiger partial charge in [-0.3, -0.25) is 9.48 Å². The van der Waals surface area contributed by atoms with Gasteiger partial charge in [0.1, 0.15) is 10.7 Å². The van der Waals surface area contributed by atoms with Crippen molar-refractivity contribution in [2.45, 2.75) is 27.2 Å². The fourth-order valence-corrected chi connectivity index (χ4v) is 4.78. The Hall–Kier alpha value is -2.91. The molecule has 0 aliphatic carbocycles. The minimum Gasteiger partial charge on any atom is -0.465 e. The zero-order valence-electron chi connectivity index (χ0n) is 17.5. The first-order chi connectivity index (χ1) is 14.3. The third-order valence-corrected chi connectivity index (χ3v) is 6.24. The minimum atomic E-state index is -0.413. The Labute approximate surface area is 184 Å². The van der Waals surface area contributed by atoms with Crippen LogP contribution >= 0.6 is 23.6 Å². The van der Waals surface area contributed by atoms with Crippen molar-refractivity contribution < 1.29 is 9.53 Å². The van der Waals surface area contributed by atoms with Crippen molar-refractivity contribution in [1.29, 1.82) is 0 Å². The monoisotopic (exact) mass is 444 g/mol. The molecule has 0 atom stereocenters. The number of aromatic nitrogens is 2. The van der Waals surface area contributed by atoms with Gasteiger partial charge in [-0.05, 0) is 50.2 Å². The summed E-state index contributed by atoms with van der Waals surface area (Å²) in [5, 5.41) is 6.92. The van der Waals surface area contributed by atoms with E-state index in [-0.39, 0.29) is 10.7 Å². The lowest BCUT2D eigenvalue weighted by molar-refractivity contribution is 0.0601. The summed E-state index contributed by atoms with van der Waals surface area (Å²) in [5.74, 6) is -0.413. The molecule has 2 N–H and O–H groups in total. The van der Waals surface area contributed by atoms with Gasteiger partial charge in [-0.15, -0.1) is 11.3 Å².